The molecule has 9 heteroatoms. The summed E-state index contributed by atoms with van der Waals surface area (Å²) >= 11 is 3.29. The Morgan fingerprint density at radius 1 is 1.36 bits per heavy atom. The Labute approximate surface area is 150 Å². The quantitative estimate of drug-likeness (QED) is 0.721. The smallest absolute Gasteiger partial charge is 0.343 e. The number of halogens is 4. The normalized spacial score (nSPS) is 11.7. The molecule has 0 aliphatic rings. The van der Waals surface area contributed by atoms with E-state index in [1.807, 2.05) is 0 Å². The first-order chi connectivity index (χ1) is 11.7. The van der Waals surface area contributed by atoms with Crippen LogP contribution in [0.3, 0.4) is 0 Å². The van der Waals surface area contributed by atoms with Crippen molar-refractivity contribution in [3.05, 3.63) is 39.4 Å². The molecule has 1 aromatic heterocycles. The van der Waals surface area contributed by atoms with Gasteiger partial charge in [0.2, 0.25) is 5.91 Å². The number of carbonyl (C=O) groups is 1. The standard InChI is InChI=1S/C16H17BrF3N3O2/c1-2-22(8-6-16(18,19)20)14(24)5-7-23-10-21-13-4-3-11(17)9-12(13)15(23)25/h3-4,9-10H,2,5-8H2,1H3. The molecule has 5 nitrogen and oxygen atoms in total. The highest BCUT2D eigenvalue weighted by Gasteiger charge is 2.28. The molecule has 2 aromatic rings. The van der Waals surface area contributed by atoms with Crippen molar-refractivity contribution in [1.29, 1.82) is 0 Å². The summed E-state index contributed by atoms with van der Waals surface area (Å²) in [5.41, 5.74) is 0.244. The molecule has 0 fully saturated rings. The van der Waals surface area contributed by atoms with Crippen LogP contribution in [0.2, 0.25) is 0 Å². The SMILES string of the molecule is CCN(CCC(F)(F)F)C(=O)CCn1cnc2ccc(Br)cc2c1=O. The van der Waals surface area contributed by atoms with Crippen molar-refractivity contribution in [2.45, 2.75) is 32.5 Å². The summed E-state index contributed by atoms with van der Waals surface area (Å²) in [7, 11) is 0. The summed E-state index contributed by atoms with van der Waals surface area (Å²) in [5.74, 6) is -0.423. The van der Waals surface area contributed by atoms with Crippen molar-refractivity contribution < 1.29 is 18.0 Å². The number of carbonyl (C=O) groups excluding carboxylic acids is 1. The summed E-state index contributed by atoms with van der Waals surface area (Å²) in [6.07, 6.45) is -4.07. The zero-order valence-electron chi connectivity index (χ0n) is 13.5. The molecule has 0 bridgehead atoms. The number of fused-ring (bicyclic) bond motifs is 1. The molecule has 1 amide bonds. The molecule has 25 heavy (non-hydrogen) atoms. The van der Waals surface area contributed by atoms with Crippen molar-refractivity contribution in [2.24, 2.45) is 0 Å². The molecule has 0 aliphatic heterocycles. The molecule has 0 radical (unpaired) electrons. The zero-order chi connectivity index (χ0) is 18.6. The first-order valence-corrected chi connectivity index (χ1v) is 8.50. The van der Waals surface area contributed by atoms with Crippen molar-refractivity contribution in [3.8, 4) is 0 Å². The fraction of sp³-hybridized carbons (Fsp3) is 0.438. The van der Waals surface area contributed by atoms with E-state index in [9.17, 15) is 22.8 Å². The van der Waals surface area contributed by atoms with E-state index in [0.29, 0.717) is 10.9 Å². The Hall–Kier alpha value is -1.90. The van der Waals surface area contributed by atoms with Crippen LogP contribution in [0.15, 0.2) is 33.8 Å². The molecule has 0 saturated heterocycles. The van der Waals surface area contributed by atoms with Gasteiger partial charge in [0.25, 0.3) is 5.56 Å². The fourth-order valence-corrected chi connectivity index (χ4v) is 2.75. The topological polar surface area (TPSA) is 55.2 Å². The summed E-state index contributed by atoms with van der Waals surface area (Å²) < 4.78 is 38.9. The lowest BCUT2D eigenvalue weighted by atomic mass is 10.2. The maximum atomic E-state index is 12.4. The van der Waals surface area contributed by atoms with Gasteiger partial charge in [-0.2, -0.15) is 13.2 Å². The second-order valence-corrected chi connectivity index (χ2v) is 6.41. The molecule has 0 atom stereocenters. The van der Waals surface area contributed by atoms with Crippen LogP contribution in [0.5, 0.6) is 0 Å². The molecular weight excluding hydrogens is 403 g/mol. The van der Waals surface area contributed by atoms with Crippen LogP contribution in [0.25, 0.3) is 10.9 Å². The van der Waals surface area contributed by atoms with Crippen LogP contribution in [-0.4, -0.2) is 39.6 Å². The fourth-order valence-electron chi connectivity index (χ4n) is 2.39. The number of hydrogen-bond acceptors (Lipinski definition) is 3. The highest BCUT2D eigenvalue weighted by atomic mass is 79.9. The lowest BCUT2D eigenvalue weighted by Gasteiger charge is -2.21. The maximum absolute atomic E-state index is 12.4. The van der Waals surface area contributed by atoms with Gasteiger partial charge in [-0.25, -0.2) is 4.98 Å². The predicted molar refractivity (Wildman–Crippen MR) is 91.2 cm³/mol. The maximum Gasteiger partial charge on any atom is 0.390 e. The van der Waals surface area contributed by atoms with Crippen LogP contribution in [0.1, 0.15) is 19.8 Å². The number of aromatic nitrogens is 2. The summed E-state index contributed by atoms with van der Waals surface area (Å²) in [5, 5.41) is 0.411. The average Bonchev–Trinajstić information content (AvgIpc) is 2.54. The van der Waals surface area contributed by atoms with Gasteiger partial charge in [0.15, 0.2) is 0 Å². The van der Waals surface area contributed by atoms with E-state index in [0.717, 1.165) is 9.37 Å². The van der Waals surface area contributed by atoms with Crippen LogP contribution in [0, 0.1) is 0 Å². The van der Waals surface area contributed by atoms with Gasteiger partial charge >= 0.3 is 6.18 Å². The van der Waals surface area contributed by atoms with Crippen LogP contribution in [0.4, 0.5) is 13.2 Å². The van der Waals surface area contributed by atoms with Gasteiger partial charge in [-0.05, 0) is 25.1 Å². The van der Waals surface area contributed by atoms with Crippen LogP contribution < -0.4 is 5.56 Å². The van der Waals surface area contributed by atoms with Crippen LogP contribution in [-0.2, 0) is 11.3 Å². The molecule has 1 heterocycles. The van der Waals surface area contributed by atoms with Crippen molar-refractivity contribution >= 4 is 32.7 Å². The first kappa shape index (κ1) is 19.4. The van der Waals surface area contributed by atoms with Crippen molar-refractivity contribution in [3.63, 3.8) is 0 Å². The molecule has 0 saturated carbocycles. The number of hydrogen-bond donors (Lipinski definition) is 0. The third-order valence-electron chi connectivity index (χ3n) is 3.75. The number of alkyl halides is 3. The number of aryl methyl sites for hydroxylation is 1. The molecule has 0 aliphatic carbocycles. The second kappa shape index (κ2) is 7.99. The molecular formula is C16H17BrF3N3O2. The number of rotatable bonds is 6. The minimum Gasteiger partial charge on any atom is -0.343 e. The summed E-state index contributed by atoms with van der Waals surface area (Å²) in [6.45, 7) is 1.49. The van der Waals surface area contributed by atoms with E-state index in [-0.39, 0.29) is 31.6 Å². The molecule has 2 rings (SSSR count). The third kappa shape index (κ3) is 5.29. The third-order valence-corrected chi connectivity index (χ3v) is 4.25. The minimum absolute atomic E-state index is 0.0627. The van der Waals surface area contributed by atoms with Gasteiger partial charge in [0, 0.05) is 30.5 Å². The lowest BCUT2D eigenvalue weighted by molar-refractivity contribution is -0.145. The van der Waals surface area contributed by atoms with Crippen molar-refractivity contribution in [2.75, 3.05) is 13.1 Å². The van der Waals surface area contributed by atoms with E-state index in [1.165, 1.54) is 10.9 Å². The van der Waals surface area contributed by atoms with Crippen LogP contribution >= 0.6 is 15.9 Å². The number of amides is 1. The molecule has 0 unspecified atom stereocenters. The number of nitrogens with zero attached hydrogens (tertiary/aromatic N) is 3. The van der Waals surface area contributed by atoms with E-state index >= 15 is 0 Å². The number of benzene rings is 1. The minimum atomic E-state index is -4.31. The van der Waals surface area contributed by atoms with Gasteiger partial charge in [-0.15, -0.1) is 0 Å². The van der Waals surface area contributed by atoms with Gasteiger partial charge in [-0.3, -0.25) is 14.2 Å². The van der Waals surface area contributed by atoms with Gasteiger partial charge in [0.05, 0.1) is 23.7 Å². The van der Waals surface area contributed by atoms with Gasteiger partial charge < -0.3 is 4.90 Å². The summed E-state index contributed by atoms with van der Waals surface area (Å²) in [4.78, 5) is 29.8. The monoisotopic (exact) mass is 419 g/mol. The molecule has 0 N–H and O–H groups in total. The van der Waals surface area contributed by atoms with E-state index in [4.69, 9.17) is 0 Å². The Morgan fingerprint density at radius 3 is 2.72 bits per heavy atom. The first-order valence-electron chi connectivity index (χ1n) is 7.70. The van der Waals surface area contributed by atoms with E-state index in [1.54, 1.807) is 25.1 Å². The van der Waals surface area contributed by atoms with Crippen molar-refractivity contribution in [1.82, 2.24) is 14.5 Å². The summed E-state index contributed by atoms with van der Waals surface area (Å²) in [6, 6.07) is 5.11. The zero-order valence-corrected chi connectivity index (χ0v) is 15.1. The molecule has 1 aromatic carbocycles. The Kier molecular flexibility index (Phi) is 6.21. The van der Waals surface area contributed by atoms with Gasteiger partial charge in [-0.1, -0.05) is 15.9 Å². The highest BCUT2D eigenvalue weighted by molar-refractivity contribution is 9.10. The Balaban J connectivity index is 2.07. The molecule has 136 valence electrons. The average molecular weight is 420 g/mol. The predicted octanol–water partition coefficient (Wildman–Crippen LogP) is 3.35. The lowest BCUT2D eigenvalue weighted by Crippen LogP contribution is -2.35. The Morgan fingerprint density at radius 2 is 2.08 bits per heavy atom. The Bertz CT molecular complexity index is 820. The molecule has 0 spiro atoms. The second-order valence-electron chi connectivity index (χ2n) is 5.49. The largest absolute Gasteiger partial charge is 0.390 e. The van der Waals surface area contributed by atoms with Gasteiger partial charge in [0.1, 0.15) is 0 Å². The highest BCUT2D eigenvalue weighted by Crippen LogP contribution is 2.20. The van der Waals surface area contributed by atoms with E-state index in [2.05, 4.69) is 20.9 Å². The van der Waals surface area contributed by atoms with E-state index < -0.39 is 18.5 Å².